The molecule has 1 amide bonds. The van der Waals surface area contributed by atoms with Gasteiger partial charge in [-0.05, 0) is 31.2 Å². The van der Waals surface area contributed by atoms with Crippen LogP contribution in [0.1, 0.15) is 17.5 Å². The van der Waals surface area contributed by atoms with Crippen molar-refractivity contribution in [3.05, 3.63) is 66.2 Å². The first-order chi connectivity index (χ1) is 14.0. The standard InChI is InChI=1S/C21H18N6O2.H2/c1-13-18(20-26-25-19(29-20)16-5-4-10-22-11-16)24-17(12-23-13)14-6-8-15(9-7-14)21(28)27(2)3;/h4-12H,1-3H3;1H. The predicted molar refractivity (Wildman–Crippen MR) is 109 cm³/mol. The molecular formula is C21H20N6O2. The van der Waals surface area contributed by atoms with Gasteiger partial charge >= 0.3 is 0 Å². The highest BCUT2D eigenvalue weighted by atomic mass is 16.4. The van der Waals surface area contributed by atoms with Crippen molar-refractivity contribution in [3.8, 4) is 34.3 Å². The summed E-state index contributed by atoms with van der Waals surface area (Å²) in [5.41, 5.74) is 4.01. The Kier molecular flexibility index (Phi) is 4.82. The monoisotopic (exact) mass is 388 g/mol. The summed E-state index contributed by atoms with van der Waals surface area (Å²) in [6.07, 6.45) is 5.01. The lowest BCUT2D eigenvalue weighted by atomic mass is 10.1. The molecule has 0 spiro atoms. The fourth-order valence-electron chi connectivity index (χ4n) is 2.76. The van der Waals surface area contributed by atoms with Crippen LogP contribution in [-0.2, 0) is 0 Å². The molecule has 4 aromatic rings. The summed E-state index contributed by atoms with van der Waals surface area (Å²) in [5, 5.41) is 8.21. The quantitative estimate of drug-likeness (QED) is 0.527. The van der Waals surface area contributed by atoms with Gasteiger partial charge in [0.25, 0.3) is 11.8 Å². The summed E-state index contributed by atoms with van der Waals surface area (Å²) in [6, 6.07) is 10.9. The van der Waals surface area contributed by atoms with Crippen LogP contribution in [0.15, 0.2) is 59.4 Å². The molecule has 0 radical (unpaired) electrons. The van der Waals surface area contributed by atoms with E-state index in [4.69, 9.17) is 4.42 Å². The molecule has 0 unspecified atom stereocenters. The third-order valence-electron chi connectivity index (χ3n) is 4.33. The molecule has 3 aromatic heterocycles. The van der Waals surface area contributed by atoms with Crippen LogP contribution in [0.2, 0.25) is 0 Å². The molecule has 8 heteroatoms. The highest BCUT2D eigenvalue weighted by molar-refractivity contribution is 5.94. The molecule has 0 bridgehead atoms. The highest BCUT2D eigenvalue weighted by Crippen LogP contribution is 2.26. The normalized spacial score (nSPS) is 10.7. The van der Waals surface area contributed by atoms with Gasteiger partial charge in [-0.2, -0.15) is 0 Å². The molecule has 29 heavy (non-hydrogen) atoms. The molecule has 8 nitrogen and oxygen atoms in total. The number of pyridine rings is 1. The van der Waals surface area contributed by atoms with Crippen LogP contribution in [0.25, 0.3) is 34.3 Å². The Bertz CT molecular complexity index is 1160. The zero-order valence-corrected chi connectivity index (χ0v) is 16.2. The van der Waals surface area contributed by atoms with E-state index < -0.39 is 0 Å². The number of nitrogens with zero attached hydrogens (tertiary/aromatic N) is 6. The van der Waals surface area contributed by atoms with Crippen molar-refractivity contribution in [1.29, 1.82) is 0 Å². The second kappa shape index (κ2) is 7.59. The summed E-state index contributed by atoms with van der Waals surface area (Å²) in [7, 11) is 3.44. The van der Waals surface area contributed by atoms with Crippen LogP contribution in [0, 0.1) is 6.92 Å². The first-order valence-electron chi connectivity index (χ1n) is 8.93. The van der Waals surface area contributed by atoms with Crippen LogP contribution >= 0.6 is 0 Å². The van der Waals surface area contributed by atoms with Gasteiger partial charge in [0.2, 0.25) is 5.89 Å². The van der Waals surface area contributed by atoms with E-state index in [1.807, 2.05) is 25.1 Å². The number of hydrogen-bond acceptors (Lipinski definition) is 7. The number of carbonyl (C=O) groups is 1. The Balaban J connectivity index is 0.00000256. The fourth-order valence-corrected chi connectivity index (χ4v) is 2.76. The number of hydrogen-bond donors (Lipinski definition) is 0. The third-order valence-corrected chi connectivity index (χ3v) is 4.33. The van der Waals surface area contributed by atoms with Gasteiger partial charge in [-0.15, -0.1) is 10.2 Å². The van der Waals surface area contributed by atoms with E-state index in [-0.39, 0.29) is 13.2 Å². The minimum atomic E-state index is -0.0546. The van der Waals surface area contributed by atoms with Gasteiger partial charge in [-0.1, -0.05) is 12.1 Å². The van der Waals surface area contributed by atoms with E-state index in [1.54, 1.807) is 50.9 Å². The van der Waals surface area contributed by atoms with Crippen molar-refractivity contribution < 1.29 is 10.6 Å². The Morgan fingerprint density at radius 2 is 1.76 bits per heavy atom. The highest BCUT2D eigenvalue weighted by Gasteiger charge is 2.16. The van der Waals surface area contributed by atoms with E-state index >= 15 is 0 Å². The minimum absolute atomic E-state index is 0. The van der Waals surface area contributed by atoms with Crippen molar-refractivity contribution in [2.75, 3.05) is 14.1 Å². The van der Waals surface area contributed by atoms with Crippen molar-refractivity contribution >= 4 is 5.91 Å². The van der Waals surface area contributed by atoms with Gasteiger partial charge in [0.05, 0.1) is 23.1 Å². The van der Waals surface area contributed by atoms with Crippen molar-refractivity contribution in [2.45, 2.75) is 6.92 Å². The Morgan fingerprint density at radius 3 is 2.45 bits per heavy atom. The van der Waals surface area contributed by atoms with E-state index in [9.17, 15) is 4.79 Å². The molecule has 0 N–H and O–H groups in total. The maximum Gasteiger partial charge on any atom is 0.268 e. The zero-order valence-electron chi connectivity index (χ0n) is 16.2. The Morgan fingerprint density at radius 1 is 1.00 bits per heavy atom. The second-order valence-electron chi connectivity index (χ2n) is 6.62. The molecule has 0 saturated carbocycles. The average Bonchev–Trinajstić information content (AvgIpc) is 3.24. The molecule has 0 aliphatic heterocycles. The summed E-state index contributed by atoms with van der Waals surface area (Å²) >= 11 is 0. The smallest absolute Gasteiger partial charge is 0.268 e. The van der Waals surface area contributed by atoms with Crippen molar-refractivity contribution in [3.63, 3.8) is 0 Å². The van der Waals surface area contributed by atoms with E-state index in [0.29, 0.717) is 28.5 Å². The molecule has 0 saturated heterocycles. The van der Waals surface area contributed by atoms with Gasteiger partial charge < -0.3 is 9.32 Å². The second-order valence-corrected chi connectivity index (χ2v) is 6.62. The molecule has 0 fully saturated rings. The SMILES string of the molecule is Cc1ncc(-c2ccc(C(=O)N(C)C)cc2)nc1-c1nnc(-c2cccnc2)o1.[HH]. The van der Waals surface area contributed by atoms with Crippen molar-refractivity contribution in [1.82, 2.24) is 30.0 Å². The molecule has 3 heterocycles. The molecule has 4 rings (SSSR count). The molecule has 0 aliphatic carbocycles. The maximum atomic E-state index is 12.1. The van der Waals surface area contributed by atoms with Crippen LogP contribution in [0.5, 0.6) is 0 Å². The molecule has 0 aliphatic rings. The number of rotatable bonds is 4. The van der Waals surface area contributed by atoms with Crippen LogP contribution in [0.4, 0.5) is 0 Å². The van der Waals surface area contributed by atoms with Crippen LogP contribution in [0.3, 0.4) is 0 Å². The molecule has 1 aromatic carbocycles. The average molecular weight is 388 g/mol. The lowest BCUT2D eigenvalue weighted by Crippen LogP contribution is -2.21. The lowest BCUT2D eigenvalue weighted by Gasteiger charge is -2.10. The van der Waals surface area contributed by atoms with Gasteiger partial charge in [-0.3, -0.25) is 14.8 Å². The number of aryl methyl sites for hydroxylation is 1. The molecule has 0 atom stereocenters. The Hall–Kier alpha value is -3.94. The number of benzene rings is 1. The van der Waals surface area contributed by atoms with E-state index in [1.165, 1.54) is 4.90 Å². The van der Waals surface area contributed by atoms with Gasteiger partial charge in [0, 0.05) is 39.0 Å². The minimum Gasteiger partial charge on any atom is -0.414 e. The third kappa shape index (κ3) is 3.73. The summed E-state index contributed by atoms with van der Waals surface area (Å²) < 4.78 is 5.79. The van der Waals surface area contributed by atoms with Crippen LogP contribution in [-0.4, -0.2) is 50.1 Å². The van der Waals surface area contributed by atoms with Crippen molar-refractivity contribution in [2.24, 2.45) is 0 Å². The van der Waals surface area contributed by atoms with E-state index in [2.05, 4.69) is 25.1 Å². The predicted octanol–water partition coefficient (Wildman–Crippen LogP) is 3.51. The first kappa shape index (κ1) is 18.4. The zero-order chi connectivity index (χ0) is 20.4. The Labute approximate surface area is 168 Å². The van der Waals surface area contributed by atoms with Gasteiger partial charge in [0.1, 0.15) is 5.69 Å². The number of aromatic nitrogens is 5. The summed E-state index contributed by atoms with van der Waals surface area (Å²) in [6.45, 7) is 1.83. The topological polar surface area (TPSA) is 97.9 Å². The van der Waals surface area contributed by atoms with Gasteiger partial charge in [-0.25, -0.2) is 4.98 Å². The first-order valence-corrected chi connectivity index (χ1v) is 8.93. The fraction of sp³-hybridized carbons (Fsp3) is 0.143. The number of carbonyl (C=O) groups excluding carboxylic acids is 1. The van der Waals surface area contributed by atoms with Gasteiger partial charge in [0.15, 0.2) is 0 Å². The lowest BCUT2D eigenvalue weighted by molar-refractivity contribution is 0.0827. The number of amides is 1. The largest absolute Gasteiger partial charge is 0.414 e. The summed E-state index contributed by atoms with van der Waals surface area (Å²) in [4.78, 5) is 26.7. The van der Waals surface area contributed by atoms with E-state index in [0.717, 1.165) is 11.1 Å². The summed E-state index contributed by atoms with van der Waals surface area (Å²) in [5.74, 6) is 0.599. The molecular weight excluding hydrogens is 368 g/mol. The molecule has 146 valence electrons. The van der Waals surface area contributed by atoms with Crippen LogP contribution < -0.4 is 0 Å². The maximum absolute atomic E-state index is 12.1.